The van der Waals surface area contributed by atoms with Crippen molar-refractivity contribution in [3.8, 4) is 5.75 Å². The molecular weight excluding hydrogens is 421 g/mol. The summed E-state index contributed by atoms with van der Waals surface area (Å²) in [7, 11) is 0. The van der Waals surface area contributed by atoms with Gasteiger partial charge in [-0.05, 0) is 18.9 Å². The largest absolute Gasteiger partial charge is 0.503 e. The first-order valence-electron chi connectivity index (χ1n) is 9.32. The van der Waals surface area contributed by atoms with E-state index in [-0.39, 0.29) is 12.1 Å². The number of carboxylic acids is 1. The van der Waals surface area contributed by atoms with Crippen LogP contribution in [0, 0.1) is 0 Å². The number of carbonyl (C=O) groups is 2. The molecule has 0 saturated carbocycles. The number of amides is 1. The molecule has 1 atom stereocenters. The molecule has 1 aromatic heterocycles. The molecular formula is C20H19F3N2O6. The Morgan fingerprint density at radius 2 is 1.90 bits per heavy atom. The number of hydrogen-bond acceptors (Lipinski definition) is 5. The second-order valence-corrected chi connectivity index (χ2v) is 7.09. The minimum Gasteiger partial charge on any atom is -0.503 e. The van der Waals surface area contributed by atoms with Gasteiger partial charge < -0.3 is 24.4 Å². The van der Waals surface area contributed by atoms with Gasteiger partial charge >= 0.3 is 18.2 Å². The molecule has 0 radical (unpaired) electrons. The fraction of sp³-hybridized carbons (Fsp3) is 0.350. The van der Waals surface area contributed by atoms with Crippen molar-refractivity contribution in [3.05, 3.63) is 63.6 Å². The van der Waals surface area contributed by atoms with Gasteiger partial charge in [0.15, 0.2) is 5.75 Å². The fourth-order valence-electron chi connectivity index (χ4n) is 3.53. The maximum atomic E-state index is 13.1. The van der Waals surface area contributed by atoms with E-state index in [0.717, 1.165) is 18.5 Å². The molecule has 1 aromatic carbocycles. The molecule has 2 aromatic rings. The Morgan fingerprint density at radius 3 is 2.58 bits per heavy atom. The average Bonchev–Trinajstić information content (AvgIpc) is 3.16. The molecule has 1 fully saturated rings. The number of rotatable bonds is 5. The lowest BCUT2D eigenvalue weighted by Gasteiger charge is -2.25. The minimum absolute atomic E-state index is 0.0718. The van der Waals surface area contributed by atoms with Gasteiger partial charge in [0.2, 0.25) is 5.43 Å². The molecule has 0 aliphatic carbocycles. The van der Waals surface area contributed by atoms with Crippen LogP contribution >= 0.6 is 0 Å². The molecule has 0 spiro atoms. The number of hydrogen-bond donors (Lipinski definition) is 2. The Balaban J connectivity index is 1.71. The van der Waals surface area contributed by atoms with E-state index in [4.69, 9.17) is 9.84 Å². The average molecular weight is 440 g/mol. The Labute approximate surface area is 174 Å². The Bertz CT molecular complexity index is 1050. The lowest BCUT2D eigenvalue weighted by atomic mass is 10.1. The van der Waals surface area contributed by atoms with Crippen LogP contribution in [0.2, 0.25) is 0 Å². The van der Waals surface area contributed by atoms with Crippen LogP contribution in [0.15, 0.2) is 41.5 Å². The third-order valence-electron chi connectivity index (χ3n) is 5.00. The zero-order valence-electron chi connectivity index (χ0n) is 16.1. The van der Waals surface area contributed by atoms with Crippen LogP contribution in [-0.2, 0) is 24.1 Å². The molecule has 2 N–H and O–H groups in total. The predicted octanol–water partition coefficient (Wildman–Crippen LogP) is 3.07. The number of pyridine rings is 1. The van der Waals surface area contributed by atoms with E-state index >= 15 is 0 Å². The first kappa shape index (κ1) is 22.2. The molecule has 8 nitrogen and oxygen atoms in total. The SMILES string of the molecule is O=C(O)c1cn(C[C@@H]2CCCN2C(=O)OCc2ccccc2C(F)(F)F)cc(O)c1=O. The fourth-order valence-corrected chi connectivity index (χ4v) is 3.53. The first-order valence-corrected chi connectivity index (χ1v) is 9.32. The highest BCUT2D eigenvalue weighted by atomic mass is 19.4. The number of likely N-dealkylation sites (tertiary alicyclic amines) is 1. The van der Waals surface area contributed by atoms with Gasteiger partial charge in [-0.3, -0.25) is 4.79 Å². The molecule has 1 aliphatic rings. The van der Waals surface area contributed by atoms with Gasteiger partial charge in [-0.1, -0.05) is 18.2 Å². The standard InChI is InChI=1S/C20H19F3N2O6/c21-20(22,23)15-6-2-1-4-12(15)11-31-19(30)25-7-3-5-13(25)8-24-9-14(18(28)29)17(27)16(26)10-24/h1-2,4,6,9-10,13,26H,3,5,7-8,11H2,(H,28,29)/t13-/m0/s1. The van der Waals surface area contributed by atoms with Crippen molar-refractivity contribution in [2.24, 2.45) is 0 Å². The minimum atomic E-state index is -4.58. The van der Waals surface area contributed by atoms with E-state index in [1.807, 2.05) is 0 Å². The summed E-state index contributed by atoms with van der Waals surface area (Å²) < 4.78 is 45.7. The molecule has 1 saturated heterocycles. The van der Waals surface area contributed by atoms with Crippen LogP contribution < -0.4 is 5.43 Å². The number of aromatic nitrogens is 1. The van der Waals surface area contributed by atoms with Crippen molar-refractivity contribution in [2.75, 3.05) is 6.54 Å². The molecule has 166 valence electrons. The highest BCUT2D eigenvalue weighted by Crippen LogP contribution is 2.32. The van der Waals surface area contributed by atoms with E-state index in [0.29, 0.717) is 19.4 Å². The van der Waals surface area contributed by atoms with Crippen LogP contribution in [0.25, 0.3) is 0 Å². The Morgan fingerprint density at radius 1 is 1.19 bits per heavy atom. The van der Waals surface area contributed by atoms with Gasteiger partial charge in [0.25, 0.3) is 0 Å². The van der Waals surface area contributed by atoms with E-state index in [1.54, 1.807) is 0 Å². The first-order chi connectivity index (χ1) is 14.6. The summed E-state index contributed by atoms with van der Waals surface area (Å²) in [4.78, 5) is 36.7. The molecule has 31 heavy (non-hydrogen) atoms. The van der Waals surface area contributed by atoms with Gasteiger partial charge in [0.05, 0.1) is 11.6 Å². The Hall–Kier alpha value is -3.50. The zero-order valence-corrected chi connectivity index (χ0v) is 16.1. The maximum absolute atomic E-state index is 13.1. The van der Waals surface area contributed by atoms with Crippen molar-refractivity contribution in [2.45, 2.75) is 38.2 Å². The molecule has 1 amide bonds. The van der Waals surface area contributed by atoms with E-state index in [1.165, 1.54) is 27.7 Å². The quantitative estimate of drug-likeness (QED) is 0.740. The third kappa shape index (κ3) is 4.98. The number of halogens is 3. The lowest BCUT2D eigenvalue weighted by Crippen LogP contribution is -2.38. The van der Waals surface area contributed by atoms with Crippen LogP contribution in [0.5, 0.6) is 5.75 Å². The monoisotopic (exact) mass is 440 g/mol. The van der Waals surface area contributed by atoms with Crippen molar-refractivity contribution in [1.29, 1.82) is 0 Å². The summed E-state index contributed by atoms with van der Waals surface area (Å²) in [5, 5.41) is 18.8. The number of benzene rings is 1. The zero-order chi connectivity index (χ0) is 22.8. The van der Waals surface area contributed by atoms with Gasteiger partial charge in [-0.25, -0.2) is 9.59 Å². The van der Waals surface area contributed by atoms with Crippen LogP contribution in [0.3, 0.4) is 0 Å². The lowest BCUT2D eigenvalue weighted by molar-refractivity contribution is -0.138. The molecule has 11 heteroatoms. The molecule has 0 bridgehead atoms. The number of carbonyl (C=O) groups excluding carboxylic acids is 1. The van der Waals surface area contributed by atoms with Crippen molar-refractivity contribution >= 4 is 12.1 Å². The number of aromatic hydroxyl groups is 1. The van der Waals surface area contributed by atoms with E-state index < -0.39 is 53.2 Å². The van der Waals surface area contributed by atoms with Gasteiger partial charge in [-0.15, -0.1) is 0 Å². The predicted molar refractivity (Wildman–Crippen MR) is 101 cm³/mol. The normalized spacial score (nSPS) is 16.4. The second-order valence-electron chi connectivity index (χ2n) is 7.09. The van der Waals surface area contributed by atoms with E-state index in [9.17, 15) is 32.7 Å². The number of nitrogens with zero attached hydrogens (tertiary/aromatic N) is 2. The summed E-state index contributed by atoms with van der Waals surface area (Å²) in [6.07, 6.45) is -2.11. The van der Waals surface area contributed by atoms with Crippen LogP contribution in [0.4, 0.5) is 18.0 Å². The highest BCUT2D eigenvalue weighted by Gasteiger charge is 2.34. The number of aromatic carboxylic acids is 1. The second kappa shape index (κ2) is 8.70. The van der Waals surface area contributed by atoms with Gasteiger partial charge in [0.1, 0.15) is 12.2 Å². The summed E-state index contributed by atoms with van der Waals surface area (Å²) in [5.74, 6) is -2.24. The summed E-state index contributed by atoms with van der Waals surface area (Å²) >= 11 is 0. The van der Waals surface area contributed by atoms with Gasteiger partial charge in [-0.2, -0.15) is 13.2 Å². The van der Waals surface area contributed by atoms with Crippen LogP contribution in [-0.4, -0.2) is 44.3 Å². The van der Waals surface area contributed by atoms with E-state index in [2.05, 4.69) is 0 Å². The third-order valence-corrected chi connectivity index (χ3v) is 5.00. The number of carboxylic acid groups (broad SMARTS) is 1. The molecule has 3 rings (SSSR count). The smallest absolute Gasteiger partial charge is 0.416 e. The maximum Gasteiger partial charge on any atom is 0.416 e. The van der Waals surface area contributed by atoms with Crippen molar-refractivity contribution in [1.82, 2.24) is 9.47 Å². The molecule has 1 aliphatic heterocycles. The highest BCUT2D eigenvalue weighted by molar-refractivity contribution is 5.87. The number of ether oxygens (including phenoxy) is 1. The topological polar surface area (TPSA) is 109 Å². The molecule has 0 unspecified atom stereocenters. The summed E-state index contributed by atoms with van der Waals surface area (Å²) in [5.41, 5.74) is -2.69. The Kier molecular flexibility index (Phi) is 6.23. The summed E-state index contributed by atoms with van der Waals surface area (Å²) in [6.45, 7) is -0.176. The number of alkyl halides is 3. The van der Waals surface area contributed by atoms with Crippen molar-refractivity contribution in [3.63, 3.8) is 0 Å². The van der Waals surface area contributed by atoms with Crippen molar-refractivity contribution < 1.29 is 37.7 Å². The van der Waals surface area contributed by atoms with Gasteiger partial charge in [0, 0.05) is 31.0 Å². The molecule has 2 heterocycles. The summed E-state index contributed by atoms with van der Waals surface area (Å²) in [6, 6.07) is 4.35. The van der Waals surface area contributed by atoms with Crippen LogP contribution in [0.1, 0.15) is 34.3 Å².